The van der Waals surface area contributed by atoms with Gasteiger partial charge in [-0.3, -0.25) is 4.79 Å². The summed E-state index contributed by atoms with van der Waals surface area (Å²) in [6, 6.07) is 10.0. The summed E-state index contributed by atoms with van der Waals surface area (Å²) in [5.41, 5.74) is 0.599. The molecule has 0 aromatic heterocycles. The Kier molecular flexibility index (Phi) is 5.40. The van der Waals surface area contributed by atoms with Gasteiger partial charge >= 0.3 is 0 Å². The summed E-state index contributed by atoms with van der Waals surface area (Å²) in [5, 5.41) is 3.17. The highest BCUT2D eigenvalue weighted by atomic mass is 16.2. The number of nitrogens with zero attached hydrogens (tertiary/aromatic N) is 1. The molecule has 1 saturated heterocycles. The van der Waals surface area contributed by atoms with Gasteiger partial charge in [0.25, 0.3) is 0 Å². The van der Waals surface area contributed by atoms with Gasteiger partial charge in [0.15, 0.2) is 0 Å². The molecule has 1 amide bonds. The van der Waals surface area contributed by atoms with E-state index in [-0.39, 0.29) is 5.91 Å². The molecule has 0 bridgehead atoms. The van der Waals surface area contributed by atoms with Crippen LogP contribution in [0.5, 0.6) is 0 Å². The summed E-state index contributed by atoms with van der Waals surface area (Å²) >= 11 is 0. The Bertz CT molecular complexity index is 456. The van der Waals surface area contributed by atoms with Crippen LogP contribution in [0.2, 0.25) is 0 Å². The van der Waals surface area contributed by atoms with E-state index in [1.165, 1.54) is 19.4 Å². The maximum absolute atomic E-state index is 12.5. The minimum absolute atomic E-state index is 0.127. The molecule has 1 N–H and O–H groups in total. The Morgan fingerprint density at radius 3 is 2.71 bits per heavy atom. The van der Waals surface area contributed by atoms with E-state index in [2.05, 4.69) is 17.1 Å². The second-order valence-corrected chi connectivity index (χ2v) is 6.60. The SMILES string of the molecule is CCN1CCCC(CNC(=O)C(C)(C)c2ccccc2)C1. The van der Waals surface area contributed by atoms with Gasteiger partial charge in [-0.15, -0.1) is 0 Å². The van der Waals surface area contributed by atoms with E-state index < -0.39 is 5.41 Å². The zero-order chi connectivity index (χ0) is 15.3. The summed E-state index contributed by atoms with van der Waals surface area (Å²) in [7, 11) is 0. The number of hydrogen-bond donors (Lipinski definition) is 1. The number of amides is 1. The van der Waals surface area contributed by atoms with Gasteiger partial charge in [-0.05, 0) is 51.3 Å². The molecule has 1 aliphatic rings. The van der Waals surface area contributed by atoms with Gasteiger partial charge in [-0.2, -0.15) is 0 Å². The van der Waals surface area contributed by atoms with Crippen LogP contribution >= 0.6 is 0 Å². The maximum atomic E-state index is 12.5. The highest BCUT2D eigenvalue weighted by Gasteiger charge is 2.30. The summed E-state index contributed by atoms with van der Waals surface area (Å²) in [4.78, 5) is 15.0. The number of piperidine rings is 1. The molecule has 1 atom stereocenters. The van der Waals surface area contributed by atoms with Crippen molar-refractivity contribution in [3.63, 3.8) is 0 Å². The van der Waals surface area contributed by atoms with Crippen molar-refractivity contribution in [3.8, 4) is 0 Å². The van der Waals surface area contributed by atoms with E-state index in [0.29, 0.717) is 5.92 Å². The smallest absolute Gasteiger partial charge is 0.230 e. The molecule has 1 heterocycles. The van der Waals surface area contributed by atoms with E-state index >= 15 is 0 Å². The molecule has 116 valence electrons. The summed E-state index contributed by atoms with van der Waals surface area (Å²) in [6.45, 7) is 10.4. The first-order valence-corrected chi connectivity index (χ1v) is 8.10. The molecule has 1 aromatic carbocycles. The number of hydrogen-bond acceptors (Lipinski definition) is 2. The second-order valence-electron chi connectivity index (χ2n) is 6.60. The first kappa shape index (κ1) is 16.0. The molecule has 1 unspecified atom stereocenters. The lowest BCUT2D eigenvalue weighted by Gasteiger charge is -2.33. The average molecular weight is 288 g/mol. The van der Waals surface area contributed by atoms with E-state index in [0.717, 1.165) is 25.2 Å². The van der Waals surface area contributed by atoms with Gasteiger partial charge in [0.1, 0.15) is 0 Å². The van der Waals surface area contributed by atoms with E-state index in [4.69, 9.17) is 0 Å². The zero-order valence-electron chi connectivity index (χ0n) is 13.6. The Morgan fingerprint density at radius 2 is 2.05 bits per heavy atom. The molecule has 3 heteroatoms. The van der Waals surface area contributed by atoms with Crippen molar-refractivity contribution in [2.24, 2.45) is 5.92 Å². The lowest BCUT2D eigenvalue weighted by molar-refractivity contribution is -0.125. The molecular weight excluding hydrogens is 260 g/mol. The van der Waals surface area contributed by atoms with Crippen molar-refractivity contribution >= 4 is 5.91 Å². The van der Waals surface area contributed by atoms with E-state index in [9.17, 15) is 4.79 Å². The summed E-state index contributed by atoms with van der Waals surface area (Å²) < 4.78 is 0. The van der Waals surface area contributed by atoms with Crippen LogP contribution in [0.1, 0.15) is 39.2 Å². The van der Waals surface area contributed by atoms with E-state index in [1.54, 1.807) is 0 Å². The van der Waals surface area contributed by atoms with Gasteiger partial charge in [0, 0.05) is 13.1 Å². The maximum Gasteiger partial charge on any atom is 0.230 e. The minimum atomic E-state index is -0.472. The fourth-order valence-corrected chi connectivity index (χ4v) is 3.05. The third-order valence-electron chi connectivity index (χ3n) is 4.66. The number of rotatable bonds is 5. The minimum Gasteiger partial charge on any atom is -0.355 e. The molecule has 1 fully saturated rings. The molecular formula is C18H28N2O. The number of carbonyl (C=O) groups is 1. The quantitative estimate of drug-likeness (QED) is 0.903. The van der Waals surface area contributed by atoms with E-state index in [1.807, 2.05) is 44.2 Å². The molecule has 0 spiro atoms. The topological polar surface area (TPSA) is 32.3 Å². The Labute approximate surface area is 128 Å². The Balaban J connectivity index is 1.89. The van der Waals surface area contributed by atoms with Crippen molar-refractivity contribution in [1.29, 1.82) is 0 Å². The van der Waals surface area contributed by atoms with Crippen LogP contribution in [0.15, 0.2) is 30.3 Å². The number of benzene rings is 1. The highest BCUT2D eigenvalue weighted by molar-refractivity contribution is 5.87. The first-order valence-electron chi connectivity index (χ1n) is 8.10. The van der Waals surface area contributed by atoms with Crippen molar-refractivity contribution in [2.45, 2.75) is 39.0 Å². The highest BCUT2D eigenvalue weighted by Crippen LogP contribution is 2.23. The molecule has 21 heavy (non-hydrogen) atoms. The zero-order valence-corrected chi connectivity index (χ0v) is 13.6. The van der Waals surface area contributed by atoms with Crippen LogP contribution in [0.4, 0.5) is 0 Å². The molecule has 2 rings (SSSR count). The van der Waals surface area contributed by atoms with Gasteiger partial charge in [-0.25, -0.2) is 0 Å². The van der Waals surface area contributed by atoms with Crippen LogP contribution in [-0.4, -0.2) is 37.0 Å². The van der Waals surface area contributed by atoms with Crippen LogP contribution in [0, 0.1) is 5.92 Å². The predicted molar refractivity (Wildman–Crippen MR) is 87.3 cm³/mol. The lowest BCUT2D eigenvalue weighted by Crippen LogP contribution is -2.45. The number of likely N-dealkylation sites (tertiary alicyclic amines) is 1. The Hall–Kier alpha value is -1.35. The normalized spacial score (nSPS) is 20.2. The average Bonchev–Trinajstić information content (AvgIpc) is 2.53. The third-order valence-corrected chi connectivity index (χ3v) is 4.66. The van der Waals surface area contributed by atoms with Crippen molar-refractivity contribution in [1.82, 2.24) is 10.2 Å². The lowest BCUT2D eigenvalue weighted by atomic mass is 9.83. The van der Waals surface area contributed by atoms with Gasteiger partial charge in [0.05, 0.1) is 5.41 Å². The van der Waals surface area contributed by atoms with Gasteiger partial charge < -0.3 is 10.2 Å². The Morgan fingerprint density at radius 1 is 1.33 bits per heavy atom. The largest absolute Gasteiger partial charge is 0.355 e. The fourth-order valence-electron chi connectivity index (χ4n) is 3.05. The van der Waals surface area contributed by atoms with Gasteiger partial charge in [0.2, 0.25) is 5.91 Å². The van der Waals surface area contributed by atoms with Crippen molar-refractivity contribution < 1.29 is 4.79 Å². The number of nitrogens with one attached hydrogen (secondary N) is 1. The molecule has 1 aromatic rings. The monoisotopic (exact) mass is 288 g/mol. The van der Waals surface area contributed by atoms with Crippen LogP contribution in [0.3, 0.4) is 0 Å². The molecule has 0 saturated carbocycles. The van der Waals surface area contributed by atoms with Crippen LogP contribution in [0.25, 0.3) is 0 Å². The fraction of sp³-hybridized carbons (Fsp3) is 0.611. The molecule has 0 radical (unpaired) electrons. The van der Waals surface area contributed by atoms with Gasteiger partial charge in [-0.1, -0.05) is 37.3 Å². The van der Waals surface area contributed by atoms with Crippen LogP contribution in [-0.2, 0) is 10.2 Å². The first-order chi connectivity index (χ1) is 10.0. The third kappa shape index (κ3) is 4.07. The summed E-state index contributed by atoms with van der Waals surface area (Å²) in [5.74, 6) is 0.719. The second kappa shape index (κ2) is 7.08. The molecule has 3 nitrogen and oxygen atoms in total. The predicted octanol–water partition coefficient (Wildman–Crippen LogP) is 2.81. The van der Waals surface area contributed by atoms with Crippen molar-refractivity contribution in [3.05, 3.63) is 35.9 Å². The van der Waals surface area contributed by atoms with Crippen molar-refractivity contribution in [2.75, 3.05) is 26.2 Å². The molecule has 1 aliphatic heterocycles. The number of carbonyl (C=O) groups excluding carboxylic acids is 1. The van der Waals surface area contributed by atoms with Crippen LogP contribution < -0.4 is 5.32 Å². The summed E-state index contributed by atoms with van der Waals surface area (Å²) in [6.07, 6.45) is 2.47. The molecule has 0 aliphatic carbocycles. The standard InChI is InChI=1S/C18H28N2O/c1-4-20-12-8-9-15(14-20)13-19-17(21)18(2,3)16-10-6-5-7-11-16/h5-7,10-11,15H,4,8-9,12-14H2,1-3H3,(H,19,21).